The Morgan fingerprint density at radius 1 is 1.18 bits per heavy atom. The molecule has 2 rings (SSSR count). The number of nitrogens with one attached hydrogen (secondary N) is 1. The molecule has 0 spiro atoms. The van der Waals surface area contributed by atoms with E-state index in [-0.39, 0.29) is 0 Å². The number of nitrogens with zero attached hydrogens (tertiary/aromatic N) is 3. The standard InChI is InChI=1S/C17H24N4O/c1-3-21(14-15-8-5-4-6-9-15)17-19-12-10-16(20-17)18-11-7-13-22-2/h4-6,8-10,12H,3,7,11,13-14H2,1-2H3,(H,18,19,20). The molecule has 0 radical (unpaired) electrons. The Hall–Kier alpha value is -2.14. The van der Waals surface area contributed by atoms with Gasteiger partial charge in [0.05, 0.1) is 0 Å². The highest BCUT2D eigenvalue weighted by atomic mass is 16.5. The first-order chi connectivity index (χ1) is 10.8. The van der Waals surface area contributed by atoms with Gasteiger partial charge in [-0.15, -0.1) is 0 Å². The molecule has 0 aliphatic heterocycles. The highest BCUT2D eigenvalue weighted by Crippen LogP contribution is 2.14. The monoisotopic (exact) mass is 300 g/mol. The van der Waals surface area contributed by atoms with Crippen molar-refractivity contribution in [2.24, 2.45) is 0 Å². The molecule has 0 saturated carbocycles. The normalized spacial score (nSPS) is 10.5. The number of aromatic nitrogens is 2. The minimum Gasteiger partial charge on any atom is -0.385 e. The van der Waals surface area contributed by atoms with Crippen molar-refractivity contribution in [2.45, 2.75) is 19.9 Å². The smallest absolute Gasteiger partial charge is 0.227 e. The third-order valence-electron chi connectivity index (χ3n) is 3.36. The lowest BCUT2D eigenvalue weighted by molar-refractivity contribution is 0.198. The molecule has 22 heavy (non-hydrogen) atoms. The maximum atomic E-state index is 5.04. The van der Waals surface area contributed by atoms with Crippen molar-refractivity contribution in [1.29, 1.82) is 0 Å². The molecular formula is C17H24N4O. The van der Waals surface area contributed by atoms with Crippen LogP contribution in [-0.4, -0.2) is 36.8 Å². The maximum absolute atomic E-state index is 5.04. The quantitative estimate of drug-likeness (QED) is 0.722. The second-order valence-electron chi connectivity index (χ2n) is 5.01. The molecule has 0 saturated heterocycles. The van der Waals surface area contributed by atoms with E-state index in [4.69, 9.17) is 4.74 Å². The van der Waals surface area contributed by atoms with Crippen molar-refractivity contribution in [2.75, 3.05) is 37.0 Å². The summed E-state index contributed by atoms with van der Waals surface area (Å²) in [6.45, 7) is 5.38. The fraction of sp³-hybridized carbons (Fsp3) is 0.412. The number of methoxy groups -OCH3 is 1. The molecule has 1 N–H and O–H groups in total. The number of hydrogen-bond acceptors (Lipinski definition) is 5. The van der Waals surface area contributed by atoms with Crippen LogP contribution in [0.1, 0.15) is 18.9 Å². The summed E-state index contributed by atoms with van der Waals surface area (Å²) in [4.78, 5) is 11.2. The van der Waals surface area contributed by atoms with E-state index in [1.807, 2.05) is 12.1 Å². The summed E-state index contributed by atoms with van der Waals surface area (Å²) in [5.41, 5.74) is 1.26. The van der Waals surface area contributed by atoms with Crippen LogP contribution in [0.25, 0.3) is 0 Å². The molecule has 0 aliphatic rings. The van der Waals surface area contributed by atoms with Gasteiger partial charge in [0.2, 0.25) is 5.95 Å². The topological polar surface area (TPSA) is 50.3 Å². The van der Waals surface area contributed by atoms with Gasteiger partial charge in [0.1, 0.15) is 5.82 Å². The van der Waals surface area contributed by atoms with Crippen LogP contribution < -0.4 is 10.2 Å². The lowest BCUT2D eigenvalue weighted by atomic mass is 10.2. The van der Waals surface area contributed by atoms with Gasteiger partial charge in [0, 0.05) is 39.5 Å². The highest BCUT2D eigenvalue weighted by Gasteiger charge is 2.09. The van der Waals surface area contributed by atoms with Crippen LogP contribution in [-0.2, 0) is 11.3 Å². The van der Waals surface area contributed by atoms with Gasteiger partial charge in [0.25, 0.3) is 0 Å². The van der Waals surface area contributed by atoms with Gasteiger partial charge >= 0.3 is 0 Å². The van der Waals surface area contributed by atoms with E-state index < -0.39 is 0 Å². The van der Waals surface area contributed by atoms with Gasteiger partial charge < -0.3 is 15.0 Å². The zero-order valence-electron chi connectivity index (χ0n) is 13.3. The molecule has 1 aromatic heterocycles. The summed E-state index contributed by atoms with van der Waals surface area (Å²) in [6.07, 6.45) is 2.76. The van der Waals surface area contributed by atoms with Gasteiger partial charge in [-0.25, -0.2) is 4.98 Å². The molecule has 118 valence electrons. The predicted octanol–water partition coefficient (Wildman–Crippen LogP) is 2.95. The van der Waals surface area contributed by atoms with Crippen molar-refractivity contribution in [1.82, 2.24) is 9.97 Å². The van der Waals surface area contributed by atoms with Crippen LogP contribution in [0.3, 0.4) is 0 Å². The van der Waals surface area contributed by atoms with Crippen molar-refractivity contribution >= 4 is 11.8 Å². The molecule has 1 aromatic carbocycles. The van der Waals surface area contributed by atoms with E-state index in [0.29, 0.717) is 0 Å². The first-order valence-corrected chi connectivity index (χ1v) is 7.68. The molecule has 0 fully saturated rings. The minimum absolute atomic E-state index is 0.750. The molecule has 5 heteroatoms. The average Bonchev–Trinajstić information content (AvgIpc) is 2.58. The number of hydrogen-bond donors (Lipinski definition) is 1. The Morgan fingerprint density at radius 3 is 2.73 bits per heavy atom. The lowest BCUT2D eigenvalue weighted by Gasteiger charge is -2.21. The Bertz CT molecular complexity index is 547. The van der Waals surface area contributed by atoms with Crippen LogP contribution in [0.15, 0.2) is 42.6 Å². The van der Waals surface area contributed by atoms with Gasteiger partial charge in [0.15, 0.2) is 0 Å². The summed E-state index contributed by atoms with van der Waals surface area (Å²) in [7, 11) is 1.71. The Balaban J connectivity index is 1.99. The summed E-state index contributed by atoms with van der Waals surface area (Å²) >= 11 is 0. The Labute approximate surface area is 132 Å². The third-order valence-corrected chi connectivity index (χ3v) is 3.36. The van der Waals surface area contributed by atoms with Crippen molar-refractivity contribution in [3.8, 4) is 0 Å². The zero-order chi connectivity index (χ0) is 15.6. The first-order valence-electron chi connectivity index (χ1n) is 7.68. The minimum atomic E-state index is 0.750. The highest BCUT2D eigenvalue weighted by molar-refractivity contribution is 5.41. The number of anilines is 2. The van der Waals surface area contributed by atoms with E-state index in [0.717, 1.165) is 44.4 Å². The van der Waals surface area contributed by atoms with Gasteiger partial charge in [-0.2, -0.15) is 4.98 Å². The molecule has 0 unspecified atom stereocenters. The second kappa shape index (κ2) is 9.00. The third kappa shape index (κ3) is 5.00. The molecule has 1 heterocycles. The molecule has 0 bridgehead atoms. The van der Waals surface area contributed by atoms with E-state index in [9.17, 15) is 0 Å². The fourth-order valence-corrected chi connectivity index (χ4v) is 2.16. The molecule has 5 nitrogen and oxygen atoms in total. The molecule has 0 amide bonds. The van der Waals surface area contributed by atoms with E-state index in [1.165, 1.54) is 5.56 Å². The van der Waals surface area contributed by atoms with Crippen molar-refractivity contribution < 1.29 is 4.74 Å². The lowest BCUT2D eigenvalue weighted by Crippen LogP contribution is -2.24. The SMILES string of the molecule is CCN(Cc1ccccc1)c1nccc(NCCCOC)n1. The summed E-state index contributed by atoms with van der Waals surface area (Å²) in [6, 6.07) is 12.3. The average molecular weight is 300 g/mol. The van der Waals surface area contributed by atoms with Crippen LogP contribution in [0.4, 0.5) is 11.8 Å². The van der Waals surface area contributed by atoms with Crippen LogP contribution in [0.2, 0.25) is 0 Å². The largest absolute Gasteiger partial charge is 0.385 e. The molecular weight excluding hydrogens is 276 g/mol. The van der Waals surface area contributed by atoms with Crippen LogP contribution in [0, 0.1) is 0 Å². The zero-order valence-corrected chi connectivity index (χ0v) is 13.3. The van der Waals surface area contributed by atoms with Crippen molar-refractivity contribution in [3.05, 3.63) is 48.2 Å². The fourth-order valence-electron chi connectivity index (χ4n) is 2.16. The van der Waals surface area contributed by atoms with Crippen LogP contribution in [0.5, 0.6) is 0 Å². The van der Waals surface area contributed by atoms with E-state index in [1.54, 1.807) is 13.3 Å². The van der Waals surface area contributed by atoms with Crippen LogP contribution >= 0.6 is 0 Å². The van der Waals surface area contributed by atoms with Gasteiger partial charge in [-0.1, -0.05) is 30.3 Å². The summed E-state index contributed by atoms with van der Waals surface area (Å²) < 4.78 is 5.04. The van der Waals surface area contributed by atoms with Gasteiger partial charge in [-0.05, 0) is 25.0 Å². The maximum Gasteiger partial charge on any atom is 0.227 e. The summed E-state index contributed by atoms with van der Waals surface area (Å²) in [5, 5.41) is 3.30. The van der Waals surface area contributed by atoms with Crippen molar-refractivity contribution in [3.63, 3.8) is 0 Å². The number of rotatable bonds is 9. The van der Waals surface area contributed by atoms with E-state index in [2.05, 4.69) is 51.4 Å². The Kier molecular flexibility index (Phi) is 6.64. The number of ether oxygens (including phenoxy) is 1. The predicted molar refractivity (Wildman–Crippen MR) is 90.2 cm³/mol. The second-order valence-corrected chi connectivity index (χ2v) is 5.01. The molecule has 2 aromatic rings. The first kappa shape index (κ1) is 16.2. The Morgan fingerprint density at radius 2 is 2.00 bits per heavy atom. The summed E-state index contributed by atoms with van der Waals surface area (Å²) in [5.74, 6) is 1.61. The number of benzene rings is 1. The van der Waals surface area contributed by atoms with E-state index >= 15 is 0 Å². The molecule has 0 aliphatic carbocycles. The van der Waals surface area contributed by atoms with Gasteiger partial charge in [-0.3, -0.25) is 0 Å². The molecule has 0 atom stereocenters.